The van der Waals surface area contributed by atoms with Gasteiger partial charge in [-0.1, -0.05) is 0 Å². The smallest absolute Gasteiger partial charge is 0.349 e. The first-order valence-corrected chi connectivity index (χ1v) is 6.87. The Morgan fingerprint density at radius 1 is 1.39 bits per heavy atom. The van der Waals surface area contributed by atoms with Gasteiger partial charge in [-0.3, -0.25) is 0 Å². The maximum Gasteiger partial charge on any atom is 0.349 e. The molecule has 8 heteroatoms. The van der Waals surface area contributed by atoms with Crippen LogP contribution in [0.2, 0.25) is 0 Å². The summed E-state index contributed by atoms with van der Waals surface area (Å²) >= 11 is 4.83. The van der Waals surface area contributed by atoms with Gasteiger partial charge >= 0.3 is 11.4 Å². The molecule has 0 unspecified atom stereocenters. The first kappa shape index (κ1) is 14.8. The number of halogens is 3. The van der Waals surface area contributed by atoms with Crippen molar-refractivity contribution in [1.29, 1.82) is 0 Å². The van der Waals surface area contributed by atoms with Gasteiger partial charge in [0.15, 0.2) is 9.84 Å². The topological polar surface area (TPSA) is 71.4 Å². The fraction of sp³-hybridized carbons (Fsp3) is 0.300. The standard InChI is InChI=1S/C10H9ClF2O4S/c1-5-6(9(14)15)3-4-7(10(11,12)13)8(5)18(2,16)17/h3-4H,1-2H3,(H,14,15). The Balaban J connectivity index is 3.80. The lowest BCUT2D eigenvalue weighted by Crippen LogP contribution is -2.15. The number of sulfone groups is 1. The molecule has 0 spiro atoms. The van der Waals surface area contributed by atoms with Crippen molar-refractivity contribution in [3.05, 3.63) is 28.8 Å². The summed E-state index contributed by atoms with van der Waals surface area (Å²) in [7, 11) is -4.03. The van der Waals surface area contributed by atoms with E-state index in [1.165, 1.54) is 0 Å². The summed E-state index contributed by atoms with van der Waals surface area (Å²) in [6.45, 7) is 1.14. The van der Waals surface area contributed by atoms with E-state index in [1.54, 1.807) is 0 Å². The van der Waals surface area contributed by atoms with Crippen LogP contribution in [-0.2, 0) is 15.2 Å². The highest BCUT2D eigenvalue weighted by Gasteiger charge is 2.36. The van der Waals surface area contributed by atoms with Gasteiger partial charge in [0.25, 0.3) is 0 Å². The van der Waals surface area contributed by atoms with Crippen molar-refractivity contribution in [2.45, 2.75) is 17.2 Å². The van der Waals surface area contributed by atoms with Gasteiger partial charge in [0, 0.05) is 6.26 Å². The number of alkyl halides is 3. The molecule has 0 radical (unpaired) electrons. The van der Waals surface area contributed by atoms with Crippen LogP contribution < -0.4 is 0 Å². The van der Waals surface area contributed by atoms with Crippen LogP contribution in [-0.4, -0.2) is 25.7 Å². The van der Waals surface area contributed by atoms with Crippen molar-refractivity contribution >= 4 is 27.4 Å². The third-order valence-electron chi connectivity index (χ3n) is 2.31. The molecule has 0 fully saturated rings. The Hall–Kier alpha value is -1.21. The molecule has 0 bridgehead atoms. The molecule has 4 nitrogen and oxygen atoms in total. The summed E-state index contributed by atoms with van der Waals surface area (Å²) in [6.07, 6.45) is 0.715. The Bertz CT molecular complexity index is 605. The average molecular weight is 299 g/mol. The van der Waals surface area contributed by atoms with Crippen LogP contribution in [0.25, 0.3) is 0 Å². The molecule has 0 amide bonds. The maximum absolute atomic E-state index is 13.1. The Labute approximate surface area is 107 Å². The Morgan fingerprint density at radius 2 is 1.89 bits per heavy atom. The lowest BCUT2D eigenvalue weighted by Gasteiger charge is -2.16. The molecule has 0 atom stereocenters. The molecular weight excluding hydrogens is 290 g/mol. The third-order valence-corrected chi connectivity index (χ3v) is 3.78. The Kier molecular flexibility index (Phi) is 3.69. The van der Waals surface area contributed by atoms with E-state index in [0.717, 1.165) is 13.0 Å². The summed E-state index contributed by atoms with van der Waals surface area (Å²) < 4.78 is 49.2. The first-order valence-electron chi connectivity index (χ1n) is 4.60. The van der Waals surface area contributed by atoms with E-state index >= 15 is 0 Å². The van der Waals surface area contributed by atoms with E-state index in [4.69, 9.17) is 16.7 Å². The highest BCUT2D eigenvalue weighted by atomic mass is 35.5. The van der Waals surface area contributed by atoms with Crippen molar-refractivity contribution in [2.75, 3.05) is 6.26 Å². The predicted molar refractivity (Wildman–Crippen MR) is 61.0 cm³/mol. The zero-order valence-electron chi connectivity index (χ0n) is 9.37. The van der Waals surface area contributed by atoms with E-state index in [0.29, 0.717) is 12.3 Å². The van der Waals surface area contributed by atoms with Crippen LogP contribution in [0.15, 0.2) is 17.0 Å². The normalized spacial score (nSPS) is 12.5. The molecule has 1 rings (SSSR count). The zero-order valence-corrected chi connectivity index (χ0v) is 10.9. The second kappa shape index (κ2) is 4.47. The molecule has 0 aliphatic carbocycles. The van der Waals surface area contributed by atoms with E-state index < -0.39 is 31.6 Å². The van der Waals surface area contributed by atoms with E-state index in [9.17, 15) is 22.0 Å². The monoisotopic (exact) mass is 298 g/mol. The number of hydrogen-bond acceptors (Lipinski definition) is 3. The van der Waals surface area contributed by atoms with E-state index in [-0.39, 0.29) is 11.1 Å². The number of carboxylic acids is 1. The van der Waals surface area contributed by atoms with Crippen LogP contribution in [0.3, 0.4) is 0 Å². The number of benzene rings is 1. The quantitative estimate of drug-likeness (QED) is 0.870. The number of carboxylic acid groups (broad SMARTS) is 1. The molecule has 1 N–H and O–H groups in total. The SMILES string of the molecule is Cc1c(C(=O)O)ccc(C(F)(F)Cl)c1S(C)(=O)=O. The zero-order chi connectivity index (χ0) is 14.3. The van der Waals surface area contributed by atoms with Crippen molar-refractivity contribution in [3.63, 3.8) is 0 Å². The third kappa shape index (κ3) is 2.78. The van der Waals surface area contributed by atoms with Crippen molar-refractivity contribution in [1.82, 2.24) is 0 Å². The molecule has 0 saturated heterocycles. The van der Waals surface area contributed by atoms with Gasteiger partial charge < -0.3 is 5.11 Å². The molecule has 1 aromatic carbocycles. The molecule has 0 heterocycles. The minimum absolute atomic E-state index is 0.261. The van der Waals surface area contributed by atoms with Crippen LogP contribution in [0.5, 0.6) is 0 Å². The Morgan fingerprint density at radius 3 is 2.22 bits per heavy atom. The minimum Gasteiger partial charge on any atom is -0.478 e. The molecule has 100 valence electrons. The van der Waals surface area contributed by atoms with Gasteiger partial charge in [0.1, 0.15) is 0 Å². The fourth-order valence-electron chi connectivity index (χ4n) is 1.62. The second-order valence-electron chi connectivity index (χ2n) is 3.69. The molecule has 1 aromatic rings. The summed E-state index contributed by atoms with van der Waals surface area (Å²) in [4.78, 5) is 10.1. The van der Waals surface area contributed by atoms with Gasteiger partial charge in [-0.25, -0.2) is 13.2 Å². The molecule has 0 saturated carbocycles. The number of hydrogen-bond donors (Lipinski definition) is 1. The van der Waals surface area contributed by atoms with Crippen molar-refractivity contribution in [2.24, 2.45) is 0 Å². The van der Waals surface area contributed by atoms with Gasteiger partial charge in [-0.15, -0.1) is 0 Å². The molecular formula is C10H9ClF2O4S. The van der Waals surface area contributed by atoms with Crippen LogP contribution in [0.1, 0.15) is 21.5 Å². The van der Waals surface area contributed by atoms with Crippen LogP contribution >= 0.6 is 11.6 Å². The van der Waals surface area contributed by atoms with Gasteiger partial charge in [0.05, 0.1) is 16.0 Å². The van der Waals surface area contributed by atoms with Gasteiger partial charge in [-0.2, -0.15) is 8.78 Å². The molecule has 0 aliphatic heterocycles. The van der Waals surface area contributed by atoms with Gasteiger partial charge in [0.2, 0.25) is 0 Å². The number of rotatable bonds is 3. The summed E-state index contributed by atoms with van der Waals surface area (Å²) in [5, 5.41) is 4.95. The van der Waals surface area contributed by atoms with Crippen LogP contribution in [0.4, 0.5) is 8.78 Å². The summed E-state index contributed by atoms with van der Waals surface area (Å²) in [5.41, 5.74) is -1.54. The summed E-state index contributed by atoms with van der Waals surface area (Å²) in [6, 6.07) is 1.61. The minimum atomic E-state index is -4.03. The van der Waals surface area contributed by atoms with E-state index in [1.807, 2.05) is 0 Å². The van der Waals surface area contributed by atoms with Gasteiger partial charge in [-0.05, 0) is 36.2 Å². The maximum atomic E-state index is 13.1. The predicted octanol–water partition coefficient (Wildman–Crippen LogP) is 2.38. The second-order valence-corrected chi connectivity index (χ2v) is 6.12. The highest BCUT2D eigenvalue weighted by molar-refractivity contribution is 7.90. The van der Waals surface area contributed by atoms with Crippen molar-refractivity contribution < 1.29 is 27.1 Å². The lowest BCUT2D eigenvalue weighted by atomic mass is 10.1. The molecule has 18 heavy (non-hydrogen) atoms. The first-order chi connectivity index (χ1) is 7.96. The molecule has 0 aliphatic rings. The largest absolute Gasteiger partial charge is 0.478 e. The summed E-state index contributed by atoms with van der Waals surface area (Å²) in [5.74, 6) is -1.40. The lowest BCUT2D eigenvalue weighted by molar-refractivity contribution is 0.0693. The number of aromatic carboxylic acids is 1. The number of carbonyl (C=O) groups is 1. The van der Waals surface area contributed by atoms with Crippen LogP contribution in [0, 0.1) is 6.92 Å². The fourth-order valence-corrected chi connectivity index (χ4v) is 3.10. The highest BCUT2D eigenvalue weighted by Crippen LogP contribution is 2.38. The van der Waals surface area contributed by atoms with Crippen molar-refractivity contribution in [3.8, 4) is 0 Å². The average Bonchev–Trinajstić information content (AvgIpc) is 2.12. The van der Waals surface area contributed by atoms with E-state index in [2.05, 4.69) is 0 Å². The molecule has 0 aromatic heterocycles.